The number of hydrogen-bond donors (Lipinski definition) is 1. The number of likely N-dealkylation sites (N-methyl/N-ethyl adjacent to an activating group) is 1. The SMILES string of the molecule is CNC(C)(C)C(=O)N(Cc1c(F)cccc1Cl)C1CC1. The number of nitrogens with one attached hydrogen (secondary N) is 1. The van der Waals surface area contributed by atoms with E-state index >= 15 is 0 Å². The standard InChI is InChI=1S/C15H20ClFN2O/c1-15(2,18-3)14(20)19(10-7-8-10)9-11-12(16)5-4-6-13(11)17/h4-6,10,18H,7-9H2,1-3H3. The summed E-state index contributed by atoms with van der Waals surface area (Å²) in [4.78, 5) is 14.3. The van der Waals surface area contributed by atoms with Crippen LogP contribution in [0.1, 0.15) is 32.3 Å². The number of nitrogens with zero attached hydrogens (tertiary/aromatic N) is 1. The van der Waals surface area contributed by atoms with E-state index < -0.39 is 5.54 Å². The Morgan fingerprint density at radius 1 is 1.50 bits per heavy atom. The molecule has 3 nitrogen and oxygen atoms in total. The summed E-state index contributed by atoms with van der Waals surface area (Å²) in [6.45, 7) is 3.88. The molecule has 1 saturated carbocycles. The average Bonchev–Trinajstić information content (AvgIpc) is 3.22. The second kappa shape index (κ2) is 5.70. The molecule has 0 saturated heterocycles. The summed E-state index contributed by atoms with van der Waals surface area (Å²) >= 11 is 6.06. The summed E-state index contributed by atoms with van der Waals surface area (Å²) < 4.78 is 13.9. The number of carbonyl (C=O) groups is 1. The summed E-state index contributed by atoms with van der Waals surface area (Å²) in [5, 5.41) is 3.37. The first kappa shape index (κ1) is 15.3. The highest BCUT2D eigenvalue weighted by molar-refractivity contribution is 6.31. The van der Waals surface area contributed by atoms with Gasteiger partial charge in [0.15, 0.2) is 0 Å². The molecule has 0 radical (unpaired) electrons. The minimum absolute atomic E-state index is 0.0261. The highest BCUT2D eigenvalue weighted by Crippen LogP contribution is 2.32. The maximum absolute atomic E-state index is 13.9. The number of benzene rings is 1. The van der Waals surface area contributed by atoms with Gasteiger partial charge in [-0.2, -0.15) is 0 Å². The van der Waals surface area contributed by atoms with Crippen LogP contribution in [0.4, 0.5) is 4.39 Å². The van der Waals surface area contributed by atoms with Crippen LogP contribution in [-0.2, 0) is 11.3 Å². The maximum atomic E-state index is 13.9. The lowest BCUT2D eigenvalue weighted by molar-refractivity contribution is -0.138. The third kappa shape index (κ3) is 3.13. The Bertz CT molecular complexity index is 494. The van der Waals surface area contributed by atoms with E-state index in [2.05, 4.69) is 5.32 Å². The number of hydrogen-bond acceptors (Lipinski definition) is 2. The average molecular weight is 299 g/mol. The van der Waals surface area contributed by atoms with E-state index in [9.17, 15) is 9.18 Å². The lowest BCUT2D eigenvalue weighted by Gasteiger charge is -2.32. The normalized spacial score (nSPS) is 15.2. The molecular formula is C15H20ClFN2O. The second-order valence-electron chi connectivity index (χ2n) is 5.74. The van der Waals surface area contributed by atoms with Gasteiger partial charge in [0.1, 0.15) is 5.82 Å². The van der Waals surface area contributed by atoms with Crippen molar-refractivity contribution in [1.29, 1.82) is 0 Å². The van der Waals surface area contributed by atoms with Gasteiger partial charge < -0.3 is 10.2 Å². The molecule has 1 aromatic carbocycles. The van der Waals surface area contributed by atoms with Crippen molar-refractivity contribution in [3.8, 4) is 0 Å². The minimum atomic E-state index is -0.666. The fourth-order valence-corrected chi connectivity index (χ4v) is 2.30. The molecule has 1 aliphatic rings. The van der Waals surface area contributed by atoms with Crippen LogP contribution in [0, 0.1) is 5.82 Å². The van der Waals surface area contributed by atoms with Crippen molar-refractivity contribution in [1.82, 2.24) is 10.2 Å². The molecule has 0 aliphatic heterocycles. The molecular weight excluding hydrogens is 279 g/mol. The van der Waals surface area contributed by atoms with Gasteiger partial charge >= 0.3 is 0 Å². The Morgan fingerprint density at radius 3 is 2.65 bits per heavy atom. The molecule has 1 N–H and O–H groups in total. The minimum Gasteiger partial charge on any atom is -0.334 e. The van der Waals surface area contributed by atoms with E-state index in [4.69, 9.17) is 11.6 Å². The van der Waals surface area contributed by atoms with Crippen molar-refractivity contribution in [2.24, 2.45) is 0 Å². The zero-order valence-corrected chi connectivity index (χ0v) is 12.8. The molecule has 1 aromatic rings. The van der Waals surface area contributed by atoms with E-state index in [0.29, 0.717) is 10.6 Å². The van der Waals surface area contributed by atoms with E-state index in [-0.39, 0.29) is 24.3 Å². The third-order valence-electron chi connectivity index (χ3n) is 3.80. The zero-order chi connectivity index (χ0) is 14.9. The van der Waals surface area contributed by atoms with Crippen molar-refractivity contribution in [2.75, 3.05) is 7.05 Å². The predicted octanol–water partition coefficient (Wildman–Crippen LogP) is 2.97. The fourth-order valence-electron chi connectivity index (χ4n) is 2.07. The van der Waals surface area contributed by atoms with Gasteiger partial charge in [-0.25, -0.2) is 4.39 Å². The van der Waals surface area contributed by atoms with Crippen molar-refractivity contribution in [3.63, 3.8) is 0 Å². The Hall–Kier alpha value is -1.13. The smallest absolute Gasteiger partial charge is 0.242 e. The summed E-state index contributed by atoms with van der Waals surface area (Å²) in [6.07, 6.45) is 1.94. The molecule has 110 valence electrons. The fraction of sp³-hybridized carbons (Fsp3) is 0.533. The van der Waals surface area contributed by atoms with Crippen molar-refractivity contribution in [2.45, 2.75) is 44.8 Å². The van der Waals surface area contributed by atoms with Crippen LogP contribution in [0.3, 0.4) is 0 Å². The molecule has 1 aliphatic carbocycles. The second-order valence-corrected chi connectivity index (χ2v) is 6.15. The Morgan fingerprint density at radius 2 is 2.15 bits per heavy atom. The largest absolute Gasteiger partial charge is 0.334 e. The van der Waals surface area contributed by atoms with Crippen LogP contribution >= 0.6 is 11.6 Å². The van der Waals surface area contributed by atoms with E-state index in [0.717, 1.165) is 12.8 Å². The van der Waals surface area contributed by atoms with Crippen LogP contribution in [0.5, 0.6) is 0 Å². The van der Waals surface area contributed by atoms with Gasteiger partial charge in [-0.3, -0.25) is 4.79 Å². The Kier molecular flexibility index (Phi) is 4.35. The van der Waals surface area contributed by atoms with Gasteiger partial charge in [-0.15, -0.1) is 0 Å². The van der Waals surface area contributed by atoms with Crippen molar-refractivity contribution >= 4 is 17.5 Å². The molecule has 0 spiro atoms. The lowest BCUT2D eigenvalue weighted by Crippen LogP contribution is -2.53. The molecule has 0 aromatic heterocycles. The van der Waals surface area contributed by atoms with Crippen molar-refractivity contribution < 1.29 is 9.18 Å². The van der Waals surface area contributed by atoms with E-state index in [1.54, 1.807) is 24.1 Å². The van der Waals surface area contributed by atoms with Gasteiger partial charge in [0.2, 0.25) is 5.91 Å². The summed E-state index contributed by atoms with van der Waals surface area (Å²) in [5.74, 6) is -0.389. The van der Waals surface area contributed by atoms with Crippen LogP contribution in [0.2, 0.25) is 5.02 Å². The lowest BCUT2D eigenvalue weighted by atomic mass is 10.0. The highest BCUT2D eigenvalue weighted by atomic mass is 35.5. The third-order valence-corrected chi connectivity index (χ3v) is 4.15. The first-order chi connectivity index (χ1) is 9.36. The summed E-state index contributed by atoms with van der Waals surface area (Å²) in [5.41, 5.74) is -0.276. The Labute approximate surface area is 124 Å². The van der Waals surface area contributed by atoms with E-state index in [1.165, 1.54) is 6.07 Å². The van der Waals surface area contributed by atoms with Gasteiger partial charge in [-0.05, 0) is 45.9 Å². The molecule has 1 fully saturated rings. The molecule has 5 heteroatoms. The number of amides is 1. The van der Waals surface area contributed by atoms with Crippen LogP contribution in [0.15, 0.2) is 18.2 Å². The predicted molar refractivity (Wildman–Crippen MR) is 78.1 cm³/mol. The highest BCUT2D eigenvalue weighted by Gasteiger charge is 2.39. The van der Waals surface area contributed by atoms with Crippen LogP contribution in [-0.4, -0.2) is 29.4 Å². The van der Waals surface area contributed by atoms with Gasteiger partial charge in [0, 0.05) is 16.6 Å². The van der Waals surface area contributed by atoms with Crippen molar-refractivity contribution in [3.05, 3.63) is 34.6 Å². The Balaban J connectivity index is 2.25. The molecule has 1 amide bonds. The van der Waals surface area contributed by atoms with Gasteiger partial charge in [0.25, 0.3) is 0 Å². The molecule has 0 atom stereocenters. The molecule has 20 heavy (non-hydrogen) atoms. The van der Waals surface area contributed by atoms with Crippen LogP contribution < -0.4 is 5.32 Å². The van der Waals surface area contributed by atoms with Crippen LogP contribution in [0.25, 0.3) is 0 Å². The number of carbonyl (C=O) groups excluding carboxylic acids is 1. The van der Waals surface area contributed by atoms with Gasteiger partial charge in [0.05, 0.1) is 12.1 Å². The quantitative estimate of drug-likeness (QED) is 0.906. The summed E-state index contributed by atoms with van der Waals surface area (Å²) in [7, 11) is 1.75. The molecule has 0 heterocycles. The molecule has 0 bridgehead atoms. The summed E-state index contributed by atoms with van der Waals surface area (Å²) in [6, 6.07) is 4.80. The van der Waals surface area contributed by atoms with E-state index in [1.807, 2.05) is 13.8 Å². The number of halogens is 2. The topological polar surface area (TPSA) is 32.3 Å². The first-order valence-corrected chi connectivity index (χ1v) is 7.17. The molecule has 2 rings (SSSR count). The first-order valence-electron chi connectivity index (χ1n) is 6.79. The number of rotatable bonds is 5. The monoisotopic (exact) mass is 298 g/mol. The molecule has 0 unspecified atom stereocenters. The maximum Gasteiger partial charge on any atom is 0.242 e. The van der Waals surface area contributed by atoms with Gasteiger partial charge in [-0.1, -0.05) is 17.7 Å². The zero-order valence-electron chi connectivity index (χ0n) is 12.0.